The number of hydrogen-bond acceptors (Lipinski definition) is 2. The van der Waals surface area contributed by atoms with E-state index >= 15 is 0 Å². The highest BCUT2D eigenvalue weighted by molar-refractivity contribution is 6.05. The lowest BCUT2D eigenvalue weighted by Crippen LogP contribution is -2.19. The van der Waals surface area contributed by atoms with E-state index in [0.29, 0.717) is 0 Å². The van der Waals surface area contributed by atoms with Gasteiger partial charge in [-0.2, -0.15) is 0 Å². The zero-order chi connectivity index (χ0) is 7.68. The molecule has 11 heavy (non-hydrogen) atoms. The lowest BCUT2D eigenvalue weighted by atomic mass is 9.99. The van der Waals surface area contributed by atoms with Crippen molar-refractivity contribution >= 4 is 12.1 Å². The van der Waals surface area contributed by atoms with Crippen molar-refractivity contribution < 1.29 is 4.79 Å². The molecule has 2 aliphatic rings. The maximum absolute atomic E-state index is 11.1. The first kappa shape index (κ1) is 6.34. The lowest BCUT2D eigenvalue weighted by molar-refractivity contribution is -0.114. The van der Waals surface area contributed by atoms with Gasteiger partial charge in [-0.1, -0.05) is 6.08 Å². The van der Waals surface area contributed by atoms with Crippen LogP contribution < -0.4 is 5.32 Å². The second kappa shape index (κ2) is 2.34. The van der Waals surface area contributed by atoms with Gasteiger partial charge in [0.05, 0.1) is 0 Å². The van der Waals surface area contributed by atoms with Crippen molar-refractivity contribution in [2.24, 2.45) is 4.99 Å². The zero-order valence-electron chi connectivity index (χ0n) is 6.00. The average molecular weight is 148 g/mol. The molecule has 56 valence electrons. The Morgan fingerprint density at radius 1 is 1.55 bits per heavy atom. The summed E-state index contributed by atoms with van der Waals surface area (Å²) < 4.78 is 0. The Morgan fingerprint density at radius 2 is 2.45 bits per heavy atom. The summed E-state index contributed by atoms with van der Waals surface area (Å²) in [6.45, 7) is 0.736. The number of aliphatic imine (C=N–C) groups is 1. The predicted octanol–water partition coefficient (Wildman–Crippen LogP) is 0.401. The van der Waals surface area contributed by atoms with E-state index in [1.807, 2.05) is 12.3 Å². The number of carbonyl (C=O) groups excluding carboxylic acids is 1. The van der Waals surface area contributed by atoms with E-state index in [2.05, 4.69) is 10.3 Å². The van der Waals surface area contributed by atoms with E-state index in [1.165, 1.54) is 0 Å². The van der Waals surface area contributed by atoms with Gasteiger partial charge in [-0.05, 0) is 5.57 Å². The molecule has 0 radical (unpaired) electrons. The summed E-state index contributed by atoms with van der Waals surface area (Å²) in [5.41, 5.74) is 1.82. The lowest BCUT2D eigenvalue weighted by Gasteiger charge is -2.15. The molecule has 3 nitrogen and oxygen atoms in total. The molecule has 0 bridgehead atoms. The predicted molar refractivity (Wildman–Crippen MR) is 42.3 cm³/mol. The molecule has 0 aromatic heterocycles. The molecule has 1 amide bonds. The first-order valence-electron chi connectivity index (χ1n) is 3.58. The summed E-state index contributed by atoms with van der Waals surface area (Å²) in [5, 5.41) is 3.05. The maximum Gasteiger partial charge on any atom is 0.276 e. The summed E-state index contributed by atoms with van der Waals surface area (Å²) in [5.74, 6) is -0.107. The molecule has 3 heteroatoms. The first-order valence-corrected chi connectivity index (χ1v) is 3.58. The molecule has 0 saturated carbocycles. The normalized spacial score (nSPS) is 21.6. The third-order valence-corrected chi connectivity index (χ3v) is 1.80. The van der Waals surface area contributed by atoms with Crippen LogP contribution >= 0.6 is 0 Å². The quantitative estimate of drug-likeness (QED) is 0.540. The number of carbonyl (C=O) groups is 1. The monoisotopic (exact) mass is 148 g/mol. The Labute approximate surface area is 64.5 Å². The van der Waals surface area contributed by atoms with E-state index in [0.717, 1.165) is 24.1 Å². The molecule has 2 rings (SSSR count). The van der Waals surface area contributed by atoms with E-state index in [4.69, 9.17) is 0 Å². The second-order valence-electron chi connectivity index (χ2n) is 2.52. The Morgan fingerprint density at radius 3 is 3.27 bits per heavy atom. The molecule has 2 aliphatic heterocycles. The molecular formula is C8H8N2O. The van der Waals surface area contributed by atoms with Crippen molar-refractivity contribution in [2.75, 3.05) is 6.54 Å². The number of nitrogens with one attached hydrogen (secondary N) is 1. The summed E-state index contributed by atoms with van der Waals surface area (Å²) >= 11 is 0. The fourth-order valence-corrected chi connectivity index (χ4v) is 1.24. The van der Waals surface area contributed by atoms with Crippen molar-refractivity contribution in [1.29, 1.82) is 0 Å². The molecule has 0 atom stereocenters. The van der Waals surface area contributed by atoms with Crippen LogP contribution in [0, 0.1) is 0 Å². The third kappa shape index (κ3) is 0.981. The fourth-order valence-electron chi connectivity index (χ4n) is 1.24. The smallest absolute Gasteiger partial charge is 0.276 e. The second-order valence-corrected chi connectivity index (χ2v) is 2.52. The summed E-state index contributed by atoms with van der Waals surface area (Å²) in [4.78, 5) is 14.8. The topological polar surface area (TPSA) is 41.5 Å². The number of fused-ring (bicyclic) bond motifs is 1. The van der Waals surface area contributed by atoms with Crippen LogP contribution in [0.2, 0.25) is 0 Å². The van der Waals surface area contributed by atoms with Gasteiger partial charge in [0, 0.05) is 31.0 Å². The minimum atomic E-state index is -0.107. The molecular weight excluding hydrogens is 140 g/mol. The van der Waals surface area contributed by atoms with E-state index in [1.54, 1.807) is 6.21 Å². The fraction of sp³-hybridized carbons (Fsp3) is 0.250. The number of amides is 1. The minimum Gasteiger partial charge on any atom is -0.387 e. The van der Waals surface area contributed by atoms with Crippen molar-refractivity contribution in [3.8, 4) is 0 Å². The van der Waals surface area contributed by atoms with Gasteiger partial charge in [-0.3, -0.25) is 4.79 Å². The van der Waals surface area contributed by atoms with E-state index in [9.17, 15) is 4.79 Å². The van der Waals surface area contributed by atoms with Gasteiger partial charge in [0.25, 0.3) is 5.91 Å². The first-order chi connectivity index (χ1) is 5.38. The van der Waals surface area contributed by atoms with Crippen molar-refractivity contribution in [3.63, 3.8) is 0 Å². The van der Waals surface area contributed by atoms with Gasteiger partial charge in [0.1, 0.15) is 0 Å². The Kier molecular flexibility index (Phi) is 1.35. The number of rotatable bonds is 0. The van der Waals surface area contributed by atoms with Crippen LogP contribution in [-0.2, 0) is 4.79 Å². The summed E-state index contributed by atoms with van der Waals surface area (Å²) in [6.07, 6.45) is 6.19. The molecule has 2 heterocycles. The summed E-state index contributed by atoms with van der Waals surface area (Å²) in [6, 6.07) is 0. The summed E-state index contributed by atoms with van der Waals surface area (Å²) in [7, 11) is 0. The number of nitrogens with zero attached hydrogens (tertiary/aromatic N) is 1. The molecule has 0 aromatic rings. The van der Waals surface area contributed by atoms with Gasteiger partial charge in [0.15, 0.2) is 0 Å². The largest absolute Gasteiger partial charge is 0.387 e. The van der Waals surface area contributed by atoms with Crippen LogP contribution in [0.25, 0.3) is 0 Å². The van der Waals surface area contributed by atoms with Gasteiger partial charge >= 0.3 is 0 Å². The van der Waals surface area contributed by atoms with Crippen LogP contribution in [0.1, 0.15) is 6.42 Å². The van der Waals surface area contributed by atoms with Crippen LogP contribution in [0.4, 0.5) is 0 Å². The van der Waals surface area contributed by atoms with E-state index < -0.39 is 0 Å². The van der Waals surface area contributed by atoms with Crippen LogP contribution in [0.3, 0.4) is 0 Å². The molecule has 1 N–H and O–H groups in total. The number of dihydropyridines is 1. The Bertz CT molecular complexity index is 286. The molecule has 0 aliphatic carbocycles. The van der Waals surface area contributed by atoms with Gasteiger partial charge in [-0.25, -0.2) is 4.99 Å². The van der Waals surface area contributed by atoms with E-state index in [-0.39, 0.29) is 5.91 Å². The zero-order valence-corrected chi connectivity index (χ0v) is 6.00. The molecule has 0 spiro atoms. The molecule has 0 aromatic carbocycles. The third-order valence-electron chi connectivity index (χ3n) is 1.80. The molecule has 0 fully saturated rings. The highest BCUT2D eigenvalue weighted by atomic mass is 16.1. The molecule has 0 saturated heterocycles. The Balaban J connectivity index is 2.42. The van der Waals surface area contributed by atoms with Crippen molar-refractivity contribution in [1.82, 2.24) is 5.32 Å². The van der Waals surface area contributed by atoms with Gasteiger partial charge in [-0.15, -0.1) is 0 Å². The Hall–Kier alpha value is -1.38. The average Bonchev–Trinajstić information content (AvgIpc) is 2.06. The van der Waals surface area contributed by atoms with Crippen LogP contribution in [0.5, 0.6) is 0 Å². The standard InChI is InChI=1S/C8H8N2O/c11-8-7-2-3-9-5-6(7)1-4-10-8/h2,4-5,9H,1,3H2. The SMILES string of the molecule is O=C1N=CCC2=CNCC=C12. The van der Waals surface area contributed by atoms with Gasteiger partial charge < -0.3 is 5.32 Å². The van der Waals surface area contributed by atoms with Crippen LogP contribution in [0.15, 0.2) is 28.4 Å². The highest BCUT2D eigenvalue weighted by Gasteiger charge is 2.17. The van der Waals surface area contributed by atoms with Crippen molar-refractivity contribution in [3.05, 3.63) is 23.4 Å². The maximum atomic E-state index is 11.1. The molecule has 0 unspecified atom stereocenters. The van der Waals surface area contributed by atoms with Crippen molar-refractivity contribution in [2.45, 2.75) is 6.42 Å². The minimum absolute atomic E-state index is 0.107. The van der Waals surface area contributed by atoms with Gasteiger partial charge in [0.2, 0.25) is 0 Å². The highest BCUT2D eigenvalue weighted by Crippen LogP contribution is 2.19. The number of hydrogen-bond donors (Lipinski definition) is 1. The van der Waals surface area contributed by atoms with Crippen LogP contribution in [-0.4, -0.2) is 18.7 Å².